The van der Waals surface area contributed by atoms with Crippen LogP contribution in [0.15, 0.2) is 18.2 Å². The van der Waals surface area contributed by atoms with Crippen LogP contribution in [0.2, 0.25) is 0 Å². The van der Waals surface area contributed by atoms with Crippen molar-refractivity contribution < 1.29 is 4.39 Å². The van der Waals surface area contributed by atoms with Gasteiger partial charge >= 0.3 is 0 Å². The molecule has 1 heterocycles. The van der Waals surface area contributed by atoms with Crippen LogP contribution in [0.4, 0.5) is 10.1 Å². The summed E-state index contributed by atoms with van der Waals surface area (Å²) in [5.74, 6) is 0.498. The van der Waals surface area contributed by atoms with Crippen molar-refractivity contribution in [3.63, 3.8) is 0 Å². The molecule has 118 valence electrons. The lowest BCUT2D eigenvalue weighted by atomic mass is 10.0. The van der Waals surface area contributed by atoms with Gasteiger partial charge in [0.05, 0.1) is 0 Å². The number of nitrogens with one attached hydrogen (secondary N) is 1. The molecule has 1 unspecified atom stereocenters. The van der Waals surface area contributed by atoms with Crippen molar-refractivity contribution in [2.45, 2.75) is 65.6 Å². The molecule has 0 amide bonds. The largest absolute Gasteiger partial charge is 0.368 e. The van der Waals surface area contributed by atoms with Gasteiger partial charge in [0.15, 0.2) is 0 Å². The van der Waals surface area contributed by atoms with Crippen LogP contribution in [0, 0.1) is 11.7 Å². The molecule has 0 aromatic heterocycles. The molecule has 3 heteroatoms. The van der Waals surface area contributed by atoms with E-state index in [9.17, 15) is 4.39 Å². The first-order valence-electron chi connectivity index (χ1n) is 8.08. The molecule has 1 atom stereocenters. The molecule has 1 aromatic carbocycles. The van der Waals surface area contributed by atoms with Crippen molar-refractivity contribution in [2.75, 3.05) is 11.4 Å². The number of hydrogen-bond donors (Lipinski definition) is 1. The molecule has 1 aromatic rings. The Morgan fingerprint density at radius 2 is 2.05 bits per heavy atom. The van der Waals surface area contributed by atoms with Crippen LogP contribution in [-0.2, 0) is 6.54 Å². The Bertz CT molecular complexity index is 477. The number of hydrogen-bond acceptors (Lipinski definition) is 2. The first-order valence-corrected chi connectivity index (χ1v) is 8.08. The van der Waals surface area contributed by atoms with E-state index in [1.807, 2.05) is 6.07 Å². The van der Waals surface area contributed by atoms with Crippen LogP contribution >= 0.6 is 0 Å². The van der Waals surface area contributed by atoms with Crippen LogP contribution in [0.25, 0.3) is 0 Å². The molecule has 0 radical (unpaired) electrons. The van der Waals surface area contributed by atoms with Gasteiger partial charge in [0.25, 0.3) is 0 Å². The lowest BCUT2D eigenvalue weighted by Gasteiger charge is -2.32. The van der Waals surface area contributed by atoms with Gasteiger partial charge in [0, 0.05) is 35.9 Å². The Kier molecular flexibility index (Phi) is 4.92. The van der Waals surface area contributed by atoms with Crippen molar-refractivity contribution in [3.05, 3.63) is 29.6 Å². The third-order valence-electron chi connectivity index (χ3n) is 4.27. The lowest BCUT2D eigenvalue weighted by Crippen LogP contribution is -2.37. The summed E-state index contributed by atoms with van der Waals surface area (Å²) < 4.78 is 14.3. The Morgan fingerprint density at radius 3 is 2.67 bits per heavy atom. The zero-order valence-corrected chi connectivity index (χ0v) is 14.0. The monoisotopic (exact) mass is 292 g/mol. The van der Waals surface area contributed by atoms with E-state index in [-0.39, 0.29) is 11.4 Å². The van der Waals surface area contributed by atoms with E-state index >= 15 is 0 Å². The fourth-order valence-electron chi connectivity index (χ4n) is 3.13. The molecule has 0 bridgehead atoms. The molecular weight excluding hydrogens is 263 g/mol. The van der Waals surface area contributed by atoms with E-state index in [0.717, 1.165) is 17.8 Å². The summed E-state index contributed by atoms with van der Waals surface area (Å²) in [6.45, 7) is 12.5. The van der Waals surface area contributed by atoms with E-state index < -0.39 is 0 Å². The Balaban J connectivity index is 2.28. The SMILES string of the molecule is CC(C)C1CCCN1c1cccc(F)c1CNC(C)(C)C. The van der Waals surface area contributed by atoms with Gasteiger partial charge in [-0.1, -0.05) is 19.9 Å². The summed E-state index contributed by atoms with van der Waals surface area (Å²) in [5.41, 5.74) is 1.87. The van der Waals surface area contributed by atoms with Gasteiger partial charge in [-0.2, -0.15) is 0 Å². The second-order valence-corrected chi connectivity index (χ2v) is 7.49. The summed E-state index contributed by atoms with van der Waals surface area (Å²) >= 11 is 0. The molecule has 1 aliphatic heterocycles. The normalized spacial score (nSPS) is 19.6. The molecule has 0 aliphatic carbocycles. The van der Waals surface area contributed by atoms with Gasteiger partial charge in [-0.15, -0.1) is 0 Å². The van der Waals surface area contributed by atoms with Gasteiger partial charge < -0.3 is 10.2 Å². The summed E-state index contributed by atoms with van der Waals surface area (Å²) in [4.78, 5) is 2.41. The minimum absolute atomic E-state index is 0.0119. The second-order valence-electron chi connectivity index (χ2n) is 7.49. The van der Waals surface area contributed by atoms with Gasteiger partial charge in [0.1, 0.15) is 5.82 Å². The fourth-order valence-corrected chi connectivity index (χ4v) is 3.13. The summed E-state index contributed by atoms with van der Waals surface area (Å²) in [6, 6.07) is 6.01. The number of rotatable bonds is 4. The molecule has 1 fully saturated rings. The number of anilines is 1. The predicted octanol–water partition coefficient (Wildman–Crippen LogP) is 4.34. The second kappa shape index (κ2) is 6.35. The smallest absolute Gasteiger partial charge is 0.129 e. The topological polar surface area (TPSA) is 15.3 Å². The van der Waals surface area contributed by atoms with Crippen molar-refractivity contribution in [3.8, 4) is 0 Å². The number of benzene rings is 1. The van der Waals surface area contributed by atoms with Crippen molar-refractivity contribution in [1.82, 2.24) is 5.32 Å². The van der Waals surface area contributed by atoms with Gasteiger partial charge in [0.2, 0.25) is 0 Å². The quantitative estimate of drug-likeness (QED) is 0.888. The Hall–Kier alpha value is -1.09. The van der Waals surface area contributed by atoms with Gasteiger partial charge in [-0.3, -0.25) is 0 Å². The summed E-state index contributed by atoms with van der Waals surface area (Å²) in [7, 11) is 0. The Morgan fingerprint density at radius 1 is 1.33 bits per heavy atom. The maximum atomic E-state index is 14.3. The summed E-state index contributed by atoms with van der Waals surface area (Å²) in [6.07, 6.45) is 2.41. The van der Waals surface area contributed by atoms with Crippen molar-refractivity contribution >= 4 is 5.69 Å². The zero-order valence-electron chi connectivity index (χ0n) is 14.0. The highest BCUT2D eigenvalue weighted by atomic mass is 19.1. The van der Waals surface area contributed by atoms with E-state index in [1.165, 1.54) is 12.8 Å². The van der Waals surface area contributed by atoms with Crippen LogP contribution in [-0.4, -0.2) is 18.1 Å². The van der Waals surface area contributed by atoms with E-state index in [1.54, 1.807) is 6.07 Å². The molecule has 1 N–H and O–H groups in total. The minimum Gasteiger partial charge on any atom is -0.368 e. The highest BCUT2D eigenvalue weighted by Crippen LogP contribution is 2.33. The highest BCUT2D eigenvalue weighted by molar-refractivity contribution is 5.56. The fraction of sp³-hybridized carbons (Fsp3) is 0.667. The molecule has 1 saturated heterocycles. The molecule has 21 heavy (non-hydrogen) atoms. The maximum absolute atomic E-state index is 14.3. The highest BCUT2D eigenvalue weighted by Gasteiger charge is 2.29. The van der Waals surface area contributed by atoms with Crippen molar-refractivity contribution in [1.29, 1.82) is 0 Å². The van der Waals surface area contributed by atoms with Gasteiger partial charge in [-0.05, 0) is 51.7 Å². The van der Waals surface area contributed by atoms with E-state index in [2.05, 4.69) is 50.9 Å². The van der Waals surface area contributed by atoms with Crippen LogP contribution in [0.5, 0.6) is 0 Å². The lowest BCUT2D eigenvalue weighted by molar-refractivity contribution is 0.417. The molecule has 0 saturated carbocycles. The molecule has 2 nitrogen and oxygen atoms in total. The van der Waals surface area contributed by atoms with Crippen LogP contribution in [0.1, 0.15) is 53.0 Å². The third-order valence-corrected chi connectivity index (χ3v) is 4.27. The van der Waals surface area contributed by atoms with Crippen LogP contribution < -0.4 is 10.2 Å². The Labute approximate surface area is 128 Å². The minimum atomic E-state index is -0.0985. The number of halogens is 1. The molecular formula is C18H29FN2. The predicted molar refractivity (Wildman–Crippen MR) is 88.2 cm³/mol. The summed E-state index contributed by atoms with van der Waals surface area (Å²) in [5, 5.41) is 3.42. The molecule has 1 aliphatic rings. The van der Waals surface area contributed by atoms with E-state index in [4.69, 9.17) is 0 Å². The van der Waals surface area contributed by atoms with E-state index in [0.29, 0.717) is 18.5 Å². The molecule has 0 spiro atoms. The standard InChI is InChI=1S/C18H29FN2/c1-13(2)16-10-7-11-21(16)17-9-6-8-15(19)14(17)12-20-18(3,4)5/h6,8-9,13,16,20H,7,10-12H2,1-5H3. The average Bonchev–Trinajstić information content (AvgIpc) is 2.85. The van der Waals surface area contributed by atoms with Gasteiger partial charge in [-0.25, -0.2) is 4.39 Å². The average molecular weight is 292 g/mol. The number of nitrogens with zero attached hydrogens (tertiary/aromatic N) is 1. The molecule has 2 rings (SSSR count). The zero-order chi connectivity index (χ0) is 15.6. The van der Waals surface area contributed by atoms with Crippen LogP contribution in [0.3, 0.4) is 0 Å². The first-order chi connectivity index (χ1) is 9.79. The first kappa shape index (κ1) is 16.3. The third kappa shape index (κ3) is 3.97. The maximum Gasteiger partial charge on any atom is 0.129 e. The van der Waals surface area contributed by atoms with Crippen molar-refractivity contribution in [2.24, 2.45) is 5.92 Å².